The number of hydrogen-bond donors (Lipinski definition) is 2. The van der Waals surface area contributed by atoms with E-state index in [4.69, 9.17) is 11.6 Å². The van der Waals surface area contributed by atoms with E-state index >= 15 is 0 Å². The largest absolute Gasteiger partial charge is 0.298 e. The zero-order valence-corrected chi connectivity index (χ0v) is 19.3. The first kappa shape index (κ1) is 21.4. The third kappa shape index (κ3) is 4.28. The lowest BCUT2D eigenvalue weighted by atomic mass is 10.1. The maximum Gasteiger partial charge on any atom is 0.261 e. The second-order valence-corrected chi connectivity index (χ2v) is 10.4. The second-order valence-electron chi connectivity index (χ2n) is 7.21. The predicted molar refractivity (Wildman–Crippen MR) is 134 cm³/mol. The molecule has 0 aliphatic carbocycles. The second kappa shape index (κ2) is 8.47. The topological polar surface area (TPSA) is 88.2 Å². The zero-order chi connectivity index (χ0) is 23.0. The molecule has 0 saturated carbocycles. The number of benzene rings is 4. The molecule has 2 N–H and O–H groups in total. The standard InChI is InChI=1S/C24H16ClN3O3S2/c25-16-10-12-17(13-11-16)33(30,31)28-20-8-4-3-7-19(20)23(29)27-24-26-22-18-6-2-1-5-15(18)9-14-21(22)32-24/h1-14,28H,(H,26,27,29). The summed E-state index contributed by atoms with van der Waals surface area (Å²) >= 11 is 7.21. The van der Waals surface area contributed by atoms with Crippen molar-refractivity contribution in [3.8, 4) is 0 Å². The highest BCUT2D eigenvalue weighted by molar-refractivity contribution is 7.92. The molecule has 0 radical (unpaired) electrons. The summed E-state index contributed by atoms with van der Waals surface area (Å²) in [5.74, 6) is -0.465. The molecule has 6 nitrogen and oxygen atoms in total. The fourth-order valence-electron chi connectivity index (χ4n) is 3.47. The molecule has 1 amide bonds. The highest BCUT2D eigenvalue weighted by atomic mass is 35.5. The summed E-state index contributed by atoms with van der Waals surface area (Å²) in [6.07, 6.45) is 0. The van der Waals surface area contributed by atoms with Crippen molar-refractivity contribution in [1.29, 1.82) is 0 Å². The molecule has 1 aromatic heterocycles. The molecule has 0 unspecified atom stereocenters. The molecule has 5 aromatic rings. The highest BCUT2D eigenvalue weighted by Crippen LogP contribution is 2.32. The van der Waals surface area contributed by atoms with Gasteiger partial charge in [0.05, 0.1) is 26.4 Å². The fraction of sp³-hybridized carbons (Fsp3) is 0. The molecular formula is C24H16ClN3O3S2. The summed E-state index contributed by atoms with van der Waals surface area (Å²) in [6, 6.07) is 24.1. The first-order chi connectivity index (χ1) is 15.9. The monoisotopic (exact) mass is 493 g/mol. The summed E-state index contributed by atoms with van der Waals surface area (Å²) in [5, 5.41) is 5.73. The molecule has 0 aliphatic rings. The first-order valence-electron chi connectivity index (χ1n) is 9.88. The Morgan fingerprint density at radius 3 is 2.42 bits per heavy atom. The van der Waals surface area contributed by atoms with Gasteiger partial charge in [-0.1, -0.05) is 65.4 Å². The number of rotatable bonds is 5. The number of carbonyl (C=O) groups is 1. The Kier molecular flexibility index (Phi) is 5.49. The maximum atomic E-state index is 13.0. The number of nitrogens with zero attached hydrogens (tertiary/aromatic N) is 1. The van der Waals surface area contributed by atoms with Crippen molar-refractivity contribution < 1.29 is 13.2 Å². The van der Waals surface area contributed by atoms with Crippen LogP contribution in [0.25, 0.3) is 21.0 Å². The Bertz CT molecular complexity index is 1610. The molecule has 0 fully saturated rings. The van der Waals surface area contributed by atoms with Crippen LogP contribution in [0.5, 0.6) is 0 Å². The first-order valence-corrected chi connectivity index (χ1v) is 12.6. The van der Waals surface area contributed by atoms with Gasteiger partial charge < -0.3 is 0 Å². The lowest BCUT2D eigenvalue weighted by Gasteiger charge is -2.12. The summed E-state index contributed by atoms with van der Waals surface area (Å²) in [7, 11) is -3.91. The van der Waals surface area contributed by atoms with Gasteiger partial charge in [-0.2, -0.15) is 0 Å². The summed E-state index contributed by atoms with van der Waals surface area (Å²) in [4.78, 5) is 17.7. The van der Waals surface area contributed by atoms with Gasteiger partial charge in [0.25, 0.3) is 15.9 Å². The van der Waals surface area contributed by atoms with E-state index in [2.05, 4.69) is 15.0 Å². The van der Waals surface area contributed by atoms with Crippen molar-refractivity contribution in [2.45, 2.75) is 4.90 Å². The Labute approximate surface area is 198 Å². The van der Waals surface area contributed by atoms with Gasteiger partial charge >= 0.3 is 0 Å². The predicted octanol–water partition coefficient (Wildman–Crippen LogP) is 6.16. The number of carbonyl (C=O) groups excluding carboxylic acids is 1. The van der Waals surface area contributed by atoms with Crippen LogP contribution in [-0.4, -0.2) is 19.3 Å². The van der Waals surface area contributed by atoms with Crippen molar-refractivity contribution >= 4 is 70.7 Å². The number of fused-ring (bicyclic) bond motifs is 3. The van der Waals surface area contributed by atoms with Crippen LogP contribution in [0.3, 0.4) is 0 Å². The van der Waals surface area contributed by atoms with Gasteiger partial charge in [0, 0.05) is 10.4 Å². The molecule has 164 valence electrons. The van der Waals surface area contributed by atoms with Crippen LogP contribution in [0.4, 0.5) is 10.8 Å². The molecule has 0 atom stereocenters. The SMILES string of the molecule is O=C(Nc1nc2c(ccc3ccccc32)s1)c1ccccc1NS(=O)(=O)c1ccc(Cl)cc1. The van der Waals surface area contributed by atoms with E-state index < -0.39 is 15.9 Å². The Morgan fingerprint density at radius 1 is 0.879 bits per heavy atom. The van der Waals surface area contributed by atoms with Crippen LogP contribution >= 0.6 is 22.9 Å². The number of amides is 1. The van der Waals surface area contributed by atoms with E-state index in [0.717, 1.165) is 21.0 Å². The summed E-state index contributed by atoms with van der Waals surface area (Å²) in [5.41, 5.74) is 1.15. The molecule has 4 aromatic carbocycles. The lowest BCUT2D eigenvalue weighted by Crippen LogP contribution is -2.18. The maximum absolute atomic E-state index is 13.0. The van der Waals surface area contributed by atoms with E-state index in [1.807, 2.05) is 36.4 Å². The number of para-hydroxylation sites is 1. The van der Waals surface area contributed by atoms with Crippen LogP contribution in [-0.2, 0) is 10.0 Å². The van der Waals surface area contributed by atoms with Gasteiger partial charge in [0.1, 0.15) is 0 Å². The average molecular weight is 494 g/mol. The molecule has 0 saturated heterocycles. The Hall–Kier alpha value is -3.46. The van der Waals surface area contributed by atoms with E-state index in [9.17, 15) is 13.2 Å². The van der Waals surface area contributed by atoms with E-state index in [0.29, 0.717) is 10.2 Å². The van der Waals surface area contributed by atoms with Gasteiger partial charge in [-0.05, 0) is 47.9 Å². The number of halogens is 1. The molecule has 33 heavy (non-hydrogen) atoms. The number of nitrogens with one attached hydrogen (secondary N) is 2. The van der Waals surface area contributed by atoms with Crippen LogP contribution < -0.4 is 10.0 Å². The zero-order valence-electron chi connectivity index (χ0n) is 16.9. The van der Waals surface area contributed by atoms with E-state index in [1.54, 1.807) is 18.2 Å². The number of hydrogen-bond acceptors (Lipinski definition) is 5. The molecule has 0 aliphatic heterocycles. The smallest absolute Gasteiger partial charge is 0.261 e. The summed E-state index contributed by atoms with van der Waals surface area (Å²) < 4.78 is 29.0. The number of anilines is 2. The van der Waals surface area contributed by atoms with Crippen LogP contribution in [0.1, 0.15) is 10.4 Å². The number of aromatic nitrogens is 1. The minimum absolute atomic E-state index is 0.0418. The van der Waals surface area contributed by atoms with Gasteiger partial charge in [-0.15, -0.1) is 0 Å². The van der Waals surface area contributed by atoms with E-state index in [1.165, 1.54) is 41.7 Å². The average Bonchev–Trinajstić information content (AvgIpc) is 3.22. The van der Waals surface area contributed by atoms with Gasteiger partial charge in [-0.25, -0.2) is 13.4 Å². The van der Waals surface area contributed by atoms with Crippen molar-refractivity contribution in [1.82, 2.24) is 4.98 Å². The highest BCUT2D eigenvalue weighted by Gasteiger charge is 2.19. The molecular weight excluding hydrogens is 478 g/mol. The third-order valence-corrected chi connectivity index (χ3v) is 7.61. The normalized spacial score (nSPS) is 11.5. The van der Waals surface area contributed by atoms with Gasteiger partial charge in [-0.3, -0.25) is 14.8 Å². The van der Waals surface area contributed by atoms with Crippen molar-refractivity contribution in [3.63, 3.8) is 0 Å². The molecule has 1 heterocycles. The van der Waals surface area contributed by atoms with E-state index in [-0.39, 0.29) is 16.1 Å². The fourth-order valence-corrected chi connectivity index (χ4v) is 5.55. The van der Waals surface area contributed by atoms with Crippen molar-refractivity contribution in [2.75, 3.05) is 10.0 Å². The van der Waals surface area contributed by atoms with Crippen LogP contribution in [0, 0.1) is 0 Å². The quantitative estimate of drug-likeness (QED) is 0.307. The molecule has 9 heteroatoms. The van der Waals surface area contributed by atoms with Crippen LogP contribution in [0.2, 0.25) is 5.02 Å². The minimum Gasteiger partial charge on any atom is -0.298 e. The number of thiazole rings is 1. The molecule has 0 spiro atoms. The summed E-state index contributed by atoms with van der Waals surface area (Å²) in [6.45, 7) is 0. The van der Waals surface area contributed by atoms with Crippen molar-refractivity contribution in [2.24, 2.45) is 0 Å². The molecule has 0 bridgehead atoms. The van der Waals surface area contributed by atoms with Gasteiger partial charge in [0.2, 0.25) is 0 Å². The molecule has 5 rings (SSSR count). The van der Waals surface area contributed by atoms with Crippen LogP contribution in [0.15, 0.2) is 89.8 Å². The number of sulfonamides is 1. The third-order valence-electron chi connectivity index (χ3n) is 5.04. The minimum atomic E-state index is -3.91. The van der Waals surface area contributed by atoms with Gasteiger partial charge in [0.15, 0.2) is 5.13 Å². The Morgan fingerprint density at radius 2 is 1.61 bits per heavy atom. The Balaban J connectivity index is 1.44. The van der Waals surface area contributed by atoms with Crippen molar-refractivity contribution in [3.05, 3.63) is 95.5 Å². The lowest BCUT2D eigenvalue weighted by molar-refractivity contribution is 0.102.